The molecule has 21 heavy (non-hydrogen) atoms. The van der Waals surface area contributed by atoms with E-state index < -0.39 is 11.9 Å². The minimum Gasteiger partial charge on any atom is -0.382 e. The van der Waals surface area contributed by atoms with Gasteiger partial charge in [-0.15, -0.1) is 0 Å². The summed E-state index contributed by atoms with van der Waals surface area (Å²) in [4.78, 5) is 0. The lowest BCUT2D eigenvalue weighted by atomic mass is 9.92. The van der Waals surface area contributed by atoms with Crippen LogP contribution in [0.5, 0.6) is 0 Å². The molecular formula is C18H26O3. The van der Waals surface area contributed by atoms with E-state index in [4.69, 9.17) is 9.47 Å². The first kappa shape index (κ1) is 16.2. The highest BCUT2D eigenvalue weighted by Crippen LogP contribution is 2.39. The standard InChI is InChI=1S/C18H26O3/c1-5-6-11-18(20-12-17(3,4)13-21-18)16(19)15-9-7-14(2)8-10-15/h6-11,16,19H,5,12-13H2,1-4H3/b11-6+. The van der Waals surface area contributed by atoms with Crippen LogP contribution in [-0.4, -0.2) is 24.1 Å². The molecule has 1 aromatic rings. The maximum Gasteiger partial charge on any atom is 0.219 e. The summed E-state index contributed by atoms with van der Waals surface area (Å²) in [6, 6.07) is 7.83. The average molecular weight is 290 g/mol. The number of aryl methyl sites for hydroxylation is 1. The van der Waals surface area contributed by atoms with Gasteiger partial charge in [0.25, 0.3) is 0 Å². The Kier molecular flexibility index (Phi) is 4.87. The SMILES string of the molecule is CC/C=C/C1(C(O)c2ccc(C)cc2)OCC(C)(C)CO1. The van der Waals surface area contributed by atoms with Gasteiger partial charge >= 0.3 is 0 Å². The summed E-state index contributed by atoms with van der Waals surface area (Å²) in [7, 11) is 0. The molecule has 0 spiro atoms. The van der Waals surface area contributed by atoms with Gasteiger partial charge < -0.3 is 14.6 Å². The number of ether oxygens (including phenoxy) is 2. The molecule has 0 aromatic heterocycles. The van der Waals surface area contributed by atoms with Gasteiger partial charge in [-0.25, -0.2) is 0 Å². The Morgan fingerprint density at radius 1 is 1.19 bits per heavy atom. The smallest absolute Gasteiger partial charge is 0.219 e. The van der Waals surface area contributed by atoms with E-state index in [1.165, 1.54) is 0 Å². The van der Waals surface area contributed by atoms with Crippen molar-refractivity contribution in [1.82, 2.24) is 0 Å². The fourth-order valence-electron chi connectivity index (χ4n) is 2.31. The summed E-state index contributed by atoms with van der Waals surface area (Å²) in [5, 5.41) is 10.8. The molecule has 3 heteroatoms. The number of hydrogen-bond acceptors (Lipinski definition) is 3. The first-order valence-electron chi connectivity index (χ1n) is 7.59. The van der Waals surface area contributed by atoms with E-state index in [-0.39, 0.29) is 5.41 Å². The molecular weight excluding hydrogens is 264 g/mol. The molecule has 1 aliphatic heterocycles. The van der Waals surface area contributed by atoms with Crippen LogP contribution in [0.2, 0.25) is 0 Å². The molecule has 0 saturated carbocycles. The van der Waals surface area contributed by atoms with Gasteiger partial charge in [0.05, 0.1) is 13.2 Å². The molecule has 1 fully saturated rings. The molecule has 0 aliphatic carbocycles. The van der Waals surface area contributed by atoms with Crippen molar-refractivity contribution >= 4 is 0 Å². The van der Waals surface area contributed by atoms with Gasteiger partial charge in [-0.1, -0.05) is 56.7 Å². The molecule has 0 radical (unpaired) electrons. The summed E-state index contributed by atoms with van der Waals surface area (Å²) < 4.78 is 11.9. The lowest BCUT2D eigenvalue weighted by Crippen LogP contribution is -2.50. The van der Waals surface area contributed by atoms with Crippen LogP contribution in [0.3, 0.4) is 0 Å². The Labute approximate surface area is 127 Å². The Bertz CT molecular complexity index is 478. The van der Waals surface area contributed by atoms with E-state index in [1.807, 2.05) is 43.3 Å². The van der Waals surface area contributed by atoms with Gasteiger partial charge in [-0.2, -0.15) is 0 Å². The van der Waals surface area contributed by atoms with Crippen molar-refractivity contribution in [2.45, 2.75) is 46.0 Å². The molecule has 2 rings (SSSR count). The topological polar surface area (TPSA) is 38.7 Å². The third-order valence-corrected chi connectivity index (χ3v) is 3.74. The van der Waals surface area contributed by atoms with Gasteiger partial charge in [0.15, 0.2) is 0 Å². The van der Waals surface area contributed by atoms with Gasteiger partial charge in [0.2, 0.25) is 5.79 Å². The minimum atomic E-state index is -1.08. The van der Waals surface area contributed by atoms with E-state index in [9.17, 15) is 5.11 Å². The van der Waals surface area contributed by atoms with Crippen LogP contribution in [0, 0.1) is 12.3 Å². The molecule has 1 N–H and O–H groups in total. The van der Waals surface area contributed by atoms with Gasteiger partial charge in [-0.3, -0.25) is 0 Å². The normalized spacial score (nSPS) is 22.3. The molecule has 0 amide bonds. The maximum atomic E-state index is 10.8. The van der Waals surface area contributed by atoms with E-state index in [2.05, 4.69) is 20.8 Å². The third kappa shape index (κ3) is 3.73. The zero-order chi connectivity index (χ0) is 15.5. The van der Waals surface area contributed by atoms with Crippen LogP contribution in [0.1, 0.15) is 44.4 Å². The highest BCUT2D eigenvalue weighted by atomic mass is 16.7. The van der Waals surface area contributed by atoms with Gasteiger partial charge in [0.1, 0.15) is 6.10 Å². The van der Waals surface area contributed by atoms with Crippen molar-refractivity contribution in [3.8, 4) is 0 Å². The molecule has 3 nitrogen and oxygen atoms in total. The van der Waals surface area contributed by atoms with E-state index in [0.717, 1.165) is 17.5 Å². The molecule has 1 saturated heterocycles. The first-order chi connectivity index (χ1) is 9.88. The summed E-state index contributed by atoms with van der Waals surface area (Å²) in [5.41, 5.74) is 1.94. The monoisotopic (exact) mass is 290 g/mol. The quantitative estimate of drug-likeness (QED) is 0.858. The number of rotatable bonds is 4. The Morgan fingerprint density at radius 2 is 1.76 bits per heavy atom. The molecule has 116 valence electrons. The average Bonchev–Trinajstić information content (AvgIpc) is 2.47. The van der Waals surface area contributed by atoms with E-state index in [1.54, 1.807) is 0 Å². The predicted octanol–water partition coefficient (Wildman–Crippen LogP) is 3.76. The Balaban J connectivity index is 2.27. The second-order valence-electron chi connectivity index (χ2n) is 6.59. The third-order valence-electron chi connectivity index (χ3n) is 3.74. The molecule has 1 atom stereocenters. The van der Waals surface area contributed by atoms with Crippen LogP contribution in [-0.2, 0) is 9.47 Å². The van der Waals surface area contributed by atoms with Crippen LogP contribution >= 0.6 is 0 Å². The van der Waals surface area contributed by atoms with Crippen molar-refractivity contribution in [3.63, 3.8) is 0 Å². The fourth-order valence-corrected chi connectivity index (χ4v) is 2.31. The van der Waals surface area contributed by atoms with Crippen LogP contribution in [0.15, 0.2) is 36.4 Å². The number of benzene rings is 1. The molecule has 1 unspecified atom stereocenters. The number of aliphatic hydroxyl groups excluding tert-OH is 1. The largest absolute Gasteiger partial charge is 0.382 e. The number of hydrogen-bond donors (Lipinski definition) is 1. The van der Waals surface area contributed by atoms with Crippen molar-refractivity contribution in [2.24, 2.45) is 5.41 Å². The second kappa shape index (κ2) is 6.30. The van der Waals surface area contributed by atoms with Crippen molar-refractivity contribution in [2.75, 3.05) is 13.2 Å². The van der Waals surface area contributed by atoms with Crippen molar-refractivity contribution in [1.29, 1.82) is 0 Å². The van der Waals surface area contributed by atoms with Crippen molar-refractivity contribution < 1.29 is 14.6 Å². The fraction of sp³-hybridized carbons (Fsp3) is 0.556. The zero-order valence-electron chi connectivity index (χ0n) is 13.4. The highest BCUT2D eigenvalue weighted by molar-refractivity contribution is 5.26. The van der Waals surface area contributed by atoms with E-state index >= 15 is 0 Å². The summed E-state index contributed by atoms with van der Waals surface area (Å²) in [6.45, 7) is 9.39. The summed E-state index contributed by atoms with van der Waals surface area (Å²) >= 11 is 0. The molecule has 1 heterocycles. The lowest BCUT2D eigenvalue weighted by molar-refractivity contribution is -0.309. The van der Waals surface area contributed by atoms with Crippen LogP contribution < -0.4 is 0 Å². The molecule has 1 aromatic carbocycles. The maximum absolute atomic E-state index is 10.8. The Morgan fingerprint density at radius 3 is 2.29 bits per heavy atom. The highest BCUT2D eigenvalue weighted by Gasteiger charge is 2.45. The molecule has 0 bridgehead atoms. The van der Waals surface area contributed by atoms with Crippen molar-refractivity contribution in [3.05, 3.63) is 47.5 Å². The number of allylic oxidation sites excluding steroid dienone is 1. The minimum absolute atomic E-state index is 0.0312. The van der Waals surface area contributed by atoms with Gasteiger partial charge in [-0.05, 0) is 25.0 Å². The lowest BCUT2D eigenvalue weighted by Gasteiger charge is -2.44. The Hall–Kier alpha value is -1.16. The van der Waals surface area contributed by atoms with Crippen LogP contribution in [0.25, 0.3) is 0 Å². The van der Waals surface area contributed by atoms with Crippen LogP contribution in [0.4, 0.5) is 0 Å². The first-order valence-corrected chi connectivity index (χ1v) is 7.59. The second-order valence-corrected chi connectivity index (χ2v) is 6.59. The zero-order valence-corrected chi connectivity index (χ0v) is 13.4. The summed E-state index contributed by atoms with van der Waals surface area (Å²) in [6.07, 6.45) is 3.87. The number of aliphatic hydroxyl groups is 1. The predicted molar refractivity (Wildman–Crippen MR) is 84.0 cm³/mol. The van der Waals surface area contributed by atoms with Gasteiger partial charge in [0, 0.05) is 5.41 Å². The van der Waals surface area contributed by atoms with E-state index in [0.29, 0.717) is 13.2 Å². The molecule has 1 aliphatic rings. The summed E-state index contributed by atoms with van der Waals surface area (Å²) in [5.74, 6) is -1.08.